The van der Waals surface area contributed by atoms with Gasteiger partial charge in [-0.3, -0.25) is 14.3 Å². The van der Waals surface area contributed by atoms with E-state index in [1.807, 2.05) is 13.8 Å². The fraction of sp³-hybridized carbons (Fsp3) is 0.583. The highest BCUT2D eigenvalue weighted by atomic mass is 16.2. The van der Waals surface area contributed by atoms with Crippen molar-refractivity contribution in [2.75, 3.05) is 18.8 Å². The molecule has 1 aromatic heterocycles. The third-order valence-electron chi connectivity index (χ3n) is 2.87. The molecule has 1 aromatic rings. The Morgan fingerprint density at radius 2 is 2.05 bits per heavy atom. The largest absolute Gasteiger partial charge is 0.396 e. The van der Waals surface area contributed by atoms with Crippen LogP contribution in [0.1, 0.15) is 31.3 Å². The molecule has 0 bridgehead atoms. The van der Waals surface area contributed by atoms with Crippen LogP contribution in [0.3, 0.4) is 0 Å². The number of amides is 2. The molecule has 19 heavy (non-hydrogen) atoms. The van der Waals surface area contributed by atoms with Crippen molar-refractivity contribution in [2.45, 2.75) is 26.8 Å². The minimum atomic E-state index is -0.603. The zero-order chi connectivity index (χ0) is 14.6. The molecule has 0 aliphatic carbocycles. The zero-order valence-corrected chi connectivity index (χ0v) is 11.8. The number of aromatic nitrogens is 2. The van der Waals surface area contributed by atoms with Gasteiger partial charge >= 0.3 is 0 Å². The second-order valence-electron chi connectivity index (χ2n) is 4.31. The standard InChI is InChI=1S/C12H21N5O2/c1-5-17(6-2)12(19)8(3)14-11(18)10-9(13)7-16(4)15-10/h7-8H,5-6,13H2,1-4H3,(H,14,18). The van der Waals surface area contributed by atoms with E-state index in [0.29, 0.717) is 18.8 Å². The number of carbonyl (C=O) groups is 2. The smallest absolute Gasteiger partial charge is 0.274 e. The molecule has 0 spiro atoms. The van der Waals surface area contributed by atoms with Gasteiger partial charge in [0, 0.05) is 26.3 Å². The van der Waals surface area contributed by atoms with Gasteiger partial charge in [0.25, 0.3) is 5.91 Å². The molecule has 0 saturated heterocycles. The zero-order valence-electron chi connectivity index (χ0n) is 11.8. The molecule has 0 aliphatic rings. The SMILES string of the molecule is CCN(CC)C(=O)C(C)NC(=O)c1nn(C)cc1N. The van der Waals surface area contributed by atoms with Gasteiger partial charge in [0.05, 0.1) is 5.69 Å². The molecule has 1 rings (SSSR count). The maximum atomic E-state index is 12.0. The normalized spacial score (nSPS) is 12.0. The lowest BCUT2D eigenvalue weighted by Gasteiger charge is -2.23. The van der Waals surface area contributed by atoms with Crippen LogP contribution in [0.2, 0.25) is 0 Å². The highest BCUT2D eigenvalue weighted by molar-refractivity contribution is 5.99. The predicted octanol–water partition coefficient (Wildman–Crippen LogP) is -0.0110. The summed E-state index contributed by atoms with van der Waals surface area (Å²) in [4.78, 5) is 25.6. The first-order chi connectivity index (χ1) is 8.90. The molecule has 0 aromatic carbocycles. The second kappa shape index (κ2) is 6.21. The van der Waals surface area contributed by atoms with Crippen LogP contribution in [-0.4, -0.2) is 45.6 Å². The Kier molecular flexibility index (Phi) is 4.91. The Balaban J connectivity index is 2.71. The van der Waals surface area contributed by atoms with Gasteiger partial charge in [-0.2, -0.15) is 5.10 Å². The van der Waals surface area contributed by atoms with Gasteiger partial charge in [-0.25, -0.2) is 0 Å². The van der Waals surface area contributed by atoms with E-state index in [0.717, 1.165) is 0 Å². The molecule has 0 aliphatic heterocycles. The van der Waals surface area contributed by atoms with Gasteiger partial charge in [0.1, 0.15) is 6.04 Å². The Morgan fingerprint density at radius 3 is 2.47 bits per heavy atom. The third-order valence-corrected chi connectivity index (χ3v) is 2.87. The number of rotatable bonds is 5. The molecule has 106 valence electrons. The monoisotopic (exact) mass is 267 g/mol. The van der Waals surface area contributed by atoms with Gasteiger partial charge in [0.2, 0.25) is 5.91 Å². The number of likely N-dealkylation sites (N-methyl/N-ethyl adjacent to an activating group) is 1. The first-order valence-corrected chi connectivity index (χ1v) is 6.29. The maximum Gasteiger partial charge on any atom is 0.274 e. The first-order valence-electron chi connectivity index (χ1n) is 6.29. The summed E-state index contributed by atoms with van der Waals surface area (Å²) in [5.74, 6) is -0.557. The Hall–Kier alpha value is -2.05. The van der Waals surface area contributed by atoms with Crippen LogP contribution in [0.15, 0.2) is 6.20 Å². The fourth-order valence-electron chi connectivity index (χ4n) is 1.82. The van der Waals surface area contributed by atoms with Gasteiger partial charge in [0.15, 0.2) is 5.69 Å². The summed E-state index contributed by atoms with van der Waals surface area (Å²) in [5, 5.41) is 6.58. The number of nitrogens with two attached hydrogens (primary N) is 1. The minimum Gasteiger partial charge on any atom is -0.396 e. The fourth-order valence-corrected chi connectivity index (χ4v) is 1.82. The van der Waals surface area contributed by atoms with E-state index >= 15 is 0 Å². The van der Waals surface area contributed by atoms with Gasteiger partial charge in [-0.1, -0.05) is 0 Å². The van der Waals surface area contributed by atoms with Crippen molar-refractivity contribution in [1.29, 1.82) is 0 Å². The molecule has 7 heteroatoms. The Labute approximate surface area is 112 Å². The molecule has 3 N–H and O–H groups in total. The number of hydrogen-bond acceptors (Lipinski definition) is 4. The number of anilines is 1. The van der Waals surface area contributed by atoms with E-state index in [1.54, 1.807) is 25.1 Å². The first kappa shape index (κ1) is 15.0. The van der Waals surface area contributed by atoms with Gasteiger partial charge in [-0.15, -0.1) is 0 Å². The van der Waals surface area contributed by atoms with Crippen molar-refractivity contribution in [3.8, 4) is 0 Å². The summed E-state index contributed by atoms with van der Waals surface area (Å²) < 4.78 is 1.46. The molecule has 0 radical (unpaired) electrons. The number of hydrogen-bond donors (Lipinski definition) is 2. The van der Waals surface area contributed by atoms with E-state index in [1.165, 1.54) is 4.68 Å². The van der Waals surface area contributed by atoms with E-state index in [2.05, 4.69) is 10.4 Å². The van der Waals surface area contributed by atoms with E-state index in [9.17, 15) is 9.59 Å². The molecular formula is C12H21N5O2. The summed E-state index contributed by atoms with van der Waals surface area (Å²) in [6.07, 6.45) is 1.55. The second-order valence-corrected chi connectivity index (χ2v) is 4.31. The van der Waals surface area contributed by atoms with Crippen LogP contribution < -0.4 is 11.1 Å². The number of nitrogens with one attached hydrogen (secondary N) is 1. The van der Waals surface area contributed by atoms with Crippen LogP contribution >= 0.6 is 0 Å². The highest BCUT2D eigenvalue weighted by Crippen LogP contribution is 2.08. The summed E-state index contributed by atoms with van der Waals surface area (Å²) in [6, 6.07) is -0.603. The number of carbonyl (C=O) groups excluding carboxylic acids is 2. The number of aryl methyl sites for hydroxylation is 1. The van der Waals surface area contributed by atoms with Crippen molar-refractivity contribution < 1.29 is 9.59 Å². The predicted molar refractivity (Wildman–Crippen MR) is 72.5 cm³/mol. The van der Waals surface area contributed by atoms with Crippen molar-refractivity contribution in [2.24, 2.45) is 7.05 Å². The topological polar surface area (TPSA) is 93.2 Å². The molecule has 7 nitrogen and oxygen atoms in total. The lowest BCUT2D eigenvalue weighted by Crippen LogP contribution is -2.47. The summed E-state index contributed by atoms with van der Waals surface area (Å²) in [5.41, 5.74) is 6.10. The van der Waals surface area contributed by atoms with Crippen molar-refractivity contribution in [3.05, 3.63) is 11.9 Å². The van der Waals surface area contributed by atoms with E-state index in [4.69, 9.17) is 5.73 Å². The van der Waals surface area contributed by atoms with Crippen LogP contribution in [-0.2, 0) is 11.8 Å². The van der Waals surface area contributed by atoms with Crippen molar-refractivity contribution >= 4 is 17.5 Å². The number of nitrogen functional groups attached to an aromatic ring is 1. The Bertz CT molecular complexity index is 465. The van der Waals surface area contributed by atoms with Crippen LogP contribution in [0.5, 0.6) is 0 Å². The lowest BCUT2D eigenvalue weighted by atomic mass is 10.2. The van der Waals surface area contributed by atoms with Gasteiger partial charge < -0.3 is 16.0 Å². The van der Waals surface area contributed by atoms with Crippen LogP contribution in [0, 0.1) is 0 Å². The Morgan fingerprint density at radius 1 is 1.47 bits per heavy atom. The number of nitrogens with zero attached hydrogens (tertiary/aromatic N) is 3. The van der Waals surface area contributed by atoms with Crippen LogP contribution in [0.25, 0.3) is 0 Å². The van der Waals surface area contributed by atoms with Crippen molar-refractivity contribution in [1.82, 2.24) is 20.0 Å². The third kappa shape index (κ3) is 3.46. The van der Waals surface area contributed by atoms with E-state index in [-0.39, 0.29) is 11.6 Å². The highest BCUT2D eigenvalue weighted by Gasteiger charge is 2.22. The summed E-state index contributed by atoms with van der Waals surface area (Å²) in [6.45, 7) is 6.67. The average Bonchev–Trinajstić information content (AvgIpc) is 2.69. The summed E-state index contributed by atoms with van der Waals surface area (Å²) >= 11 is 0. The van der Waals surface area contributed by atoms with E-state index < -0.39 is 11.9 Å². The summed E-state index contributed by atoms with van der Waals surface area (Å²) in [7, 11) is 1.68. The van der Waals surface area contributed by atoms with Gasteiger partial charge in [-0.05, 0) is 20.8 Å². The molecular weight excluding hydrogens is 246 g/mol. The lowest BCUT2D eigenvalue weighted by molar-refractivity contribution is -0.132. The molecule has 1 unspecified atom stereocenters. The minimum absolute atomic E-state index is 0.118. The quantitative estimate of drug-likeness (QED) is 0.784. The van der Waals surface area contributed by atoms with Crippen molar-refractivity contribution in [3.63, 3.8) is 0 Å². The average molecular weight is 267 g/mol. The molecule has 0 fully saturated rings. The molecule has 2 amide bonds. The molecule has 1 heterocycles. The molecule has 0 saturated carbocycles. The molecule has 1 atom stereocenters. The van der Waals surface area contributed by atoms with Crippen LogP contribution in [0.4, 0.5) is 5.69 Å². The maximum absolute atomic E-state index is 12.0.